The number of methoxy groups -OCH3 is 1. The number of amides is 2. The van der Waals surface area contributed by atoms with Crippen molar-refractivity contribution >= 4 is 40.1 Å². The second-order valence-corrected chi connectivity index (χ2v) is 8.98. The van der Waals surface area contributed by atoms with E-state index in [1.165, 1.54) is 5.69 Å². The number of carbonyl (C=O) groups excluding carboxylic acids is 1. The lowest BCUT2D eigenvalue weighted by Gasteiger charge is -2.34. The molecule has 2 aliphatic rings. The SMILES string of the molecule is COc1cc2nn(C)cc2cc1NC(=O)N1CCc2c(N3CCN[C@@H](C)C3)ccnc21.O=C(O)C(F)(F)F. The van der Waals surface area contributed by atoms with E-state index in [1.807, 2.05) is 25.4 Å². The second-order valence-electron chi connectivity index (χ2n) is 8.98. The lowest BCUT2D eigenvalue weighted by atomic mass is 10.1. The van der Waals surface area contributed by atoms with E-state index in [1.54, 1.807) is 22.9 Å². The van der Waals surface area contributed by atoms with Crippen LogP contribution in [0.2, 0.25) is 0 Å². The summed E-state index contributed by atoms with van der Waals surface area (Å²) in [6, 6.07) is 6.02. The molecule has 2 aromatic heterocycles. The molecule has 14 heteroatoms. The number of carboxylic acid groups (broad SMARTS) is 1. The minimum absolute atomic E-state index is 0.210. The van der Waals surface area contributed by atoms with Gasteiger partial charge in [-0.05, 0) is 25.5 Å². The molecule has 5 rings (SSSR count). The lowest BCUT2D eigenvalue weighted by molar-refractivity contribution is -0.192. The molecule has 2 amide bonds. The molecule has 0 radical (unpaired) electrons. The van der Waals surface area contributed by atoms with Crippen LogP contribution in [0.3, 0.4) is 0 Å². The largest absolute Gasteiger partial charge is 0.494 e. The Morgan fingerprint density at radius 1 is 1.26 bits per heavy atom. The maximum atomic E-state index is 13.2. The Kier molecular flexibility index (Phi) is 7.62. The Morgan fingerprint density at radius 2 is 2.00 bits per heavy atom. The van der Waals surface area contributed by atoms with Gasteiger partial charge in [-0.3, -0.25) is 9.58 Å². The van der Waals surface area contributed by atoms with Gasteiger partial charge in [0.1, 0.15) is 11.6 Å². The summed E-state index contributed by atoms with van der Waals surface area (Å²) in [6.45, 7) is 5.66. The summed E-state index contributed by atoms with van der Waals surface area (Å²) >= 11 is 0. The van der Waals surface area contributed by atoms with E-state index in [4.69, 9.17) is 14.6 Å². The van der Waals surface area contributed by atoms with Crippen LogP contribution in [0.1, 0.15) is 12.5 Å². The number of aliphatic carboxylic acids is 1. The number of benzene rings is 1. The van der Waals surface area contributed by atoms with Crippen LogP contribution in [0.5, 0.6) is 5.75 Å². The molecule has 1 saturated heterocycles. The maximum absolute atomic E-state index is 13.2. The molecule has 4 heterocycles. The van der Waals surface area contributed by atoms with Crippen LogP contribution >= 0.6 is 0 Å². The summed E-state index contributed by atoms with van der Waals surface area (Å²) in [6.07, 6.45) is -0.574. The van der Waals surface area contributed by atoms with Gasteiger partial charge < -0.3 is 25.4 Å². The number of pyridine rings is 1. The van der Waals surface area contributed by atoms with Crippen molar-refractivity contribution in [2.75, 3.05) is 48.4 Å². The van der Waals surface area contributed by atoms with E-state index >= 15 is 0 Å². The average Bonchev–Trinajstić information content (AvgIpc) is 3.45. The number of hydrogen-bond acceptors (Lipinski definition) is 7. The zero-order chi connectivity index (χ0) is 27.6. The van der Waals surface area contributed by atoms with Crippen molar-refractivity contribution in [3.05, 3.63) is 36.2 Å². The van der Waals surface area contributed by atoms with Crippen molar-refractivity contribution in [1.29, 1.82) is 0 Å². The number of rotatable bonds is 3. The lowest BCUT2D eigenvalue weighted by Crippen LogP contribution is -2.49. The molecule has 0 saturated carbocycles. The summed E-state index contributed by atoms with van der Waals surface area (Å²) in [4.78, 5) is 30.8. The number of anilines is 3. The van der Waals surface area contributed by atoms with Crippen molar-refractivity contribution in [3.63, 3.8) is 0 Å². The number of hydrogen-bond donors (Lipinski definition) is 3. The Morgan fingerprint density at radius 3 is 2.66 bits per heavy atom. The number of carboxylic acids is 1. The highest BCUT2D eigenvalue weighted by atomic mass is 19.4. The molecule has 0 spiro atoms. The van der Waals surface area contributed by atoms with Gasteiger partial charge in [0.15, 0.2) is 0 Å². The highest BCUT2D eigenvalue weighted by Gasteiger charge is 2.38. The first kappa shape index (κ1) is 27.0. The average molecular weight is 536 g/mol. The molecule has 0 aliphatic carbocycles. The quantitative estimate of drug-likeness (QED) is 0.468. The van der Waals surface area contributed by atoms with E-state index in [2.05, 4.69) is 38.6 Å². The van der Waals surface area contributed by atoms with E-state index in [-0.39, 0.29) is 6.03 Å². The van der Waals surface area contributed by atoms with Gasteiger partial charge in [-0.25, -0.2) is 14.6 Å². The molecule has 1 fully saturated rings. The zero-order valence-corrected chi connectivity index (χ0v) is 21.0. The molecular formula is C24H28F3N7O4. The van der Waals surface area contributed by atoms with Gasteiger partial charge in [0.05, 0.1) is 18.3 Å². The molecule has 204 valence electrons. The van der Waals surface area contributed by atoms with Crippen LogP contribution in [0.4, 0.5) is 35.2 Å². The molecule has 11 nitrogen and oxygen atoms in total. The topological polar surface area (TPSA) is 125 Å². The Hall–Kier alpha value is -4.07. The third kappa shape index (κ3) is 5.74. The Labute approximate surface area is 216 Å². The normalized spacial score (nSPS) is 17.1. The number of halogens is 3. The van der Waals surface area contributed by atoms with Crippen molar-refractivity contribution in [3.8, 4) is 5.75 Å². The van der Waals surface area contributed by atoms with Gasteiger partial charge in [0.25, 0.3) is 0 Å². The fourth-order valence-electron chi connectivity index (χ4n) is 4.54. The molecule has 3 aromatic rings. The molecular weight excluding hydrogens is 507 g/mol. The van der Waals surface area contributed by atoms with Crippen LogP contribution in [-0.4, -0.2) is 77.4 Å². The van der Waals surface area contributed by atoms with Crippen LogP contribution in [0.25, 0.3) is 10.9 Å². The van der Waals surface area contributed by atoms with Gasteiger partial charge in [0, 0.05) is 74.4 Å². The Balaban J connectivity index is 0.000000426. The Bertz CT molecular complexity index is 1340. The third-order valence-corrected chi connectivity index (χ3v) is 6.23. The number of piperazine rings is 1. The monoisotopic (exact) mass is 535 g/mol. The summed E-state index contributed by atoms with van der Waals surface area (Å²) in [5, 5.41) is 19.0. The second kappa shape index (κ2) is 10.7. The predicted molar refractivity (Wildman–Crippen MR) is 135 cm³/mol. The molecule has 0 unspecified atom stereocenters. The number of nitrogens with one attached hydrogen (secondary N) is 2. The standard InChI is InChI=1S/C22H27N7O2.C2HF3O2/c1-14-12-28(9-7-23-14)19-4-6-24-21-16(19)5-8-29(21)22(30)25-18-10-15-13-27(2)26-17(15)11-20(18)31-3;3-2(4,5)1(6)7/h4,6,10-11,13-14,23H,5,7-9,12H2,1-3H3,(H,25,30);(H,6,7)/t14-;/m0./s1. The van der Waals surface area contributed by atoms with Gasteiger partial charge in [-0.2, -0.15) is 18.3 Å². The van der Waals surface area contributed by atoms with Crippen molar-refractivity contribution in [2.24, 2.45) is 7.05 Å². The van der Waals surface area contributed by atoms with Crippen molar-refractivity contribution in [1.82, 2.24) is 20.1 Å². The first-order valence-corrected chi connectivity index (χ1v) is 11.8. The number of fused-ring (bicyclic) bond motifs is 2. The fraction of sp³-hybridized carbons (Fsp3) is 0.417. The molecule has 1 atom stereocenters. The molecule has 38 heavy (non-hydrogen) atoms. The molecule has 3 N–H and O–H groups in total. The summed E-state index contributed by atoms with van der Waals surface area (Å²) < 4.78 is 39.0. The number of ether oxygens (including phenoxy) is 1. The minimum Gasteiger partial charge on any atom is -0.494 e. The fourth-order valence-corrected chi connectivity index (χ4v) is 4.54. The molecule has 0 bridgehead atoms. The summed E-state index contributed by atoms with van der Waals surface area (Å²) in [5.41, 5.74) is 3.76. The van der Waals surface area contributed by atoms with Crippen molar-refractivity contribution in [2.45, 2.75) is 25.6 Å². The van der Waals surface area contributed by atoms with E-state index in [0.717, 1.165) is 48.3 Å². The predicted octanol–water partition coefficient (Wildman–Crippen LogP) is 3.00. The molecule has 1 aromatic carbocycles. The highest BCUT2D eigenvalue weighted by Crippen LogP contribution is 2.35. The van der Waals surface area contributed by atoms with Gasteiger partial charge in [-0.1, -0.05) is 0 Å². The smallest absolute Gasteiger partial charge is 0.490 e. The van der Waals surface area contributed by atoms with Gasteiger partial charge in [0.2, 0.25) is 0 Å². The third-order valence-electron chi connectivity index (χ3n) is 6.23. The summed E-state index contributed by atoms with van der Waals surface area (Å²) in [5.74, 6) is -1.44. The van der Waals surface area contributed by atoms with Crippen LogP contribution < -0.4 is 25.2 Å². The van der Waals surface area contributed by atoms with Crippen molar-refractivity contribution < 1.29 is 32.6 Å². The first-order chi connectivity index (χ1) is 18.0. The number of aryl methyl sites for hydroxylation is 1. The summed E-state index contributed by atoms with van der Waals surface area (Å²) in [7, 11) is 3.46. The minimum atomic E-state index is -5.08. The van der Waals surface area contributed by atoms with Crippen LogP contribution in [0.15, 0.2) is 30.6 Å². The van der Waals surface area contributed by atoms with Crippen LogP contribution in [-0.2, 0) is 18.3 Å². The highest BCUT2D eigenvalue weighted by molar-refractivity contribution is 6.05. The van der Waals surface area contributed by atoms with E-state index < -0.39 is 12.1 Å². The van der Waals surface area contributed by atoms with Gasteiger partial charge >= 0.3 is 18.2 Å². The number of nitrogens with zero attached hydrogens (tertiary/aromatic N) is 5. The van der Waals surface area contributed by atoms with E-state index in [9.17, 15) is 18.0 Å². The number of alkyl halides is 3. The zero-order valence-electron chi connectivity index (χ0n) is 21.0. The van der Waals surface area contributed by atoms with E-state index in [0.29, 0.717) is 24.0 Å². The first-order valence-electron chi connectivity index (χ1n) is 11.8. The number of aromatic nitrogens is 3. The van der Waals surface area contributed by atoms with Crippen LogP contribution in [0, 0.1) is 0 Å². The van der Waals surface area contributed by atoms with Gasteiger partial charge in [-0.15, -0.1) is 0 Å². The molecule has 2 aliphatic heterocycles. The maximum Gasteiger partial charge on any atom is 0.490 e. The number of carbonyl (C=O) groups is 2. The number of urea groups is 1.